The molecule has 0 spiro atoms. The Morgan fingerprint density at radius 3 is 2.62 bits per heavy atom. The molecule has 0 radical (unpaired) electrons. The summed E-state index contributed by atoms with van der Waals surface area (Å²) in [5.41, 5.74) is 6.86. The molecule has 1 fully saturated rings. The molecule has 21 heavy (non-hydrogen) atoms. The van der Waals surface area contributed by atoms with Crippen molar-refractivity contribution in [3.05, 3.63) is 23.2 Å². The fraction of sp³-hybridized carbons (Fsp3) is 0.562. The summed E-state index contributed by atoms with van der Waals surface area (Å²) in [7, 11) is 0. The van der Waals surface area contributed by atoms with Crippen LogP contribution >= 0.6 is 11.6 Å². The molecule has 0 bridgehead atoms. The quantitative estimate of drug-likeness (QED) is 0.818. The van der Waals surface area contributed by atoms with E-state index in [4.69, 9.17) is 17.3 Å². The van der Waals surface area contributed by atoms with Crippen LogP contribution in [0.4, 0.5) is 11.4 Å². The fourth-order valence-corrected chi connectivity index (χ4v) is 2.90. The van der Waals surface area contributed by atoms with Crippen LogP contribution in [0.3, 0.4) is 0 Å². The maximum absolute atomic E-state index is 11.9. The van der Waals surface area contributed by atoms with Gasteiger partial charge >= 0.3 is 0 Å². The standard InChI is InChI=1S/C16H24ClN3O/c17-14-12-13(18)7-8-15(14)19-16(21)6-5-11-20-9-3-1-2-4-10-20/h7-8,12H,1-6,9-11,18H2,(H,19,21). The predicted octanol–water partition coefficient (Wildman–Crippen LogP) is 3.52. The van der Waals surface area contributed by atoms with E-state index in [1.165, 1.54) is 38.8 Å². The molecule has 0 aromatic heterocycles. The van der Waals surface area contributed by atoms with Gasteiger partial charge in [0.2, 0.25) is 5.91 Å². The number of nitrogen functional groups attached to an aromatic ring is 1. The Morgan fingerprint density at radius 2 is 1.95 bits per heavy atom. The zero-order chi connectivity index (χ0) is 15.1. The van der Waals surface area contributed by atoms with Crippen LogP contribution in [0.5, 0.6) is 0 Å². The first-order chi connectivity index (χ1) is 10.1. The van der Waals surface area contributed by atoms with Crippen molar-refractivity contribution in [1.82, 2.24) is 4.90 Å². The fourth-order valence-electron chi connectivity index (χ4n) is 2.67. The molecule has 0 atom stereocenters. The van der Waals surface area contributed by atoms with Crippen molar-refractivity contribution >= 4 is 28.9 Å². The number of nitrogens with one attached hydrogen (secondary N) is 1. The van der Waals surface area contributed by atoms with Crippen LogP contribution in [0, 0.1) is 0 Å². The molecule has 1 saturated heterocycles. The molecule has 1 aromatic carbocycles. The van der Waals surface area contributed by atoms with Gasteiger partial charge in [-0.3, -0.25) is 4.79 Å². The monoisotopic (exact) mass is 309 g/mol. The van der Waals surface area contributed by atoms with Crippen molar-refractivity contribution in [3.8, 4) is 0 Å². The summed E-state index contributed by atoms with van der Waals surface area (Å²) in [4.78, 5) is 14.4. The molecular formula is C16H24ClN3O. The Labute approximate surface area is 131 Å². The van der Waals surface area contributed by atoms with E-state index in [1.54, 1.807) is 18.2 Å². The number of likely N-dealkylation sites (tertiary alicyclic amines) is 1. The second-order valence-electron chi connectivity index (χ2n) is 5.65. The van der Waals surface area contributed by atoms with Crippen molar-refractivity contribution in [2.75, 3.05) is 30.7 Å². The number of carbonyl (C=O) groups is 1. The zero-order valence-electron chi connectivity index (χ0n) is 12.4. The van der Waals surface area contributed by atoms with E-state index in [9.17, 15) is 4.79 Å². The van der Waals surface area contributed by atoms with Crippen LogP contribution < -0.4 is 11.1 Å². The number of benzene rings is 1. The highest BCUT2D eigenvalue weighted by atomic mass is 35.5. The minimum absolute atomic E-state index is 0.0106. The highest BCUT2D eigenvalue weighted by Crippen LogP contribution is 2.24. The lowest BCUT2D eigenvalue weighted by atomic mass is 10.2. The first kappa shape index (κ1) is 16.1. The minimum atomic E-state index is 0.0106. The lowest BCUT2D eigenvalue weighted by Gasteiger charge is -2.19. The van der Waals surface area contributed by atoms with Crippen molar-refractivity contribution in [3.63, 3.8) is 0 Å². The molecule has 2 rings (SSSR count). The van der Waals surface area contributed by atoms with E-state index >= 15 is 0 Å². The third kappa shape index (κ3) is 5.56. The summed E-state index contributed by atoms with van der Waals surface area (Å²) in [5, 5.41) is 3.32. The molecule has 1 aliphatic rings. The zero-order valence-corrected chi connectivity index (χ0v) is 13.2. The SMILES string of the molecule is Nc1ccc(NC(=O)CCCN2CCCCCC2)c(Cl)c1. The van der Waals surface area contributed by atoms with Crippen LogP contribution in [-0.2, 0) is 4.79 Å². The van der Waals surface area contributed by atoms with E-state index in [2.05, 4.69) is 10.2 Å². The number of carbonyl (C=O) groups excluding carboxylic acids is 1. The van der Waals surface area contributed by atoms with Crippen molar-refractivity contribution in [2.45, 2.75) is 38.5 Å². The van der Waals surface area contributed by atoms with Gasteiger partial charge in [0, 0.05) is 12.1 Å². The van der Waals surface area contributed by atoms with E-state index in [1.807, 2.05) is 0 Å². The maximum atomic E-state index is 11.9. The van der Waals surface area contributed by atoms with Crippen LogP contribution in [0.1, 0.15) is 38.5 Å². The van der Waals surface area contributed by atoms with Gasteiger partial charge in [-0.1, -0.05) is 24.4 Å². The number of hydrogen-bond acceptors (Lipinski definition) is 3. The summed E-state index contributed by atoms with van der Waals surface area (Å²) in [6, 6.07) is 5.12. The van der Waals surface area contributed by atoms with Crippen LogP contribution in [0.2, 0.25) is 5.02 Å². The van der Waals surface area contributed by atoms with E-state index in [0.717, 1.165) is 13.0 Å². The minimum Gasteiger partial charge on any atom is -0.399 e. The van der Waals surface area contributed by atoms with Crippen molar-refractivity contribution in [2.24, 2.45) is 0 Å². The molecule has 5 heteroatoms. The molecule has 0 aliphatic carbocycles. The average Bonchev–Trinajstić information content (AvgIpc) is 2.71. The van der Waals surface area contributed by atoms with Gasteiger partial charge in [-0.15, -0.1) is 0 Å². The third-order valence-electron chi connectivity index (χ3n) is 3.84. The van der Waals surface area contributed by atoms with Gasteiger partial charge in [-0.05, 0) is 57.1 Å². The van der Waals surface area contributed by atoms with Gasteiger partial charge < -0.3 is 16.0 Å². The lowest BCUT2D eigenvalue weighted by Crippen LogP contribution is -2.26. The average molecular weight is 310 g/mol. The van der Waals surface area contributed by atoms with Gasteiger partial charge in [0.05, 0.1) is 10.7 Å². The molecule has 1 heterocycles. The maximum Gasteiger partial charge on any atom is 0.224 e. The Kier molecular flexibility index (Phi) is 6.33. The first-order valence-electron chi connectivity index (χ1n) is 7.72. The van der Waals surface area contributed by atoms with Crippen molar-refractivity contribution in [1.29, 1.82) is 0 Å². The molecular weight excluding hydrogens is 286 g/mol. The Morgan fingerprint density at radius 1 is 1.24 bits per heavy atom. The van der Waals surface area contributed by atoms with Crippen LogP contribution in [-0.4, -0.2) is 30.4 Å². The molecule has 4 nitrogen and oxygen atoms in total. The van der Waals surface area contributed by atoms with Gasteiger partial charge in [0.1, 0.15) is 0 Å². The number of halogens is 1. The second-order valence-corrected chi connectivity index (χ2v) is 6.05. The Bertz CT molecular complexity index is 471. The first-order valence-corrected chi connectivity index (χ1v) is 8.10. The molecule has 0 unspecified atom stereocenters. The number of nitrogens with zero attached hydrogens (tertiary/aromatic N) is 1. The van der Waals surface area contributed by atoms with Crippen molar-refractivity contribution < 1.29 is 4.79 Å². The number of anilines is 2. The highest BCUT2D eigenvalue weighted by Gasteiger charge is 2.10. The predicted molar refractivity (Wildman–Crippen MR) is 88.6 cm³/mol. The van der Waals surface area contributed by atoms with E-state index in [-0.39, 0.29) is 5.91 Å². The molecule has 1 aliphatic heterocycles. The largest absolute Gasteiger partial charge is 0.399 e. The van der Waals surface area contributed by atoms with Gasteiger partial charge in [-0.25, -0.2) is 0 Å². The van der Waals surface area contributed by atoms with Gasteiger partial charge in [-0.2, -0.15) is 0 Å². The summed E-state index contributed by atoms with van der Waals surface area (Å²) in [6.45, 7) is 3.35. The summed E-state index contributed by atoms with van der Waals surface area (Å²) in [5.74, 6) is 0.0106. The number of nitrogens with two attached hydrogens (primary N) is 1. The summed E-state index contributed by atoms with van der Waals surface area (Å²) < 4.78 is 0. The van der Waals surface area contributed by atoms with Gasteiger partial charge in [0.25, 0.3) is 0 Å². The number of rotatable bonds is 5. The number of hydrogen-bond donors (Lipinski definition) is 2. The molecule has 0 saturated carbocycles. The smallest absolute Gasteiger partial charge is 0.224 e. The molecule has 116 valence electrons. The van der Waals surface area contributed by atoms with E-state index < -0.39 is 0 Å². The second kappa shape index (κ2) is 8.25. The number of amides is 1. The third-order valence-corrected chi connectivity index (χ3v) is 4.16. The molecule has 3 N–H and O–H groups in total. The summed E-state index contributed by atoms with van der Waals surface area (Å²) in [6.07, 6.45) is 6.66. The Hall–Kier alpha value is -1.26. The van der Waals surface area contributed by atoms with Crippen LogP contribution in [0.15, 0.2) is 18.2 Å². The van der Waals surface area contributed by atoms with Gasteiger partial charge in [0.15, 0.2) is 0 Å². The Balaban J connectivity index is 1.71. The normalized spacial score (nSPS) is 16.4. The van der Waals surface area contributed by atoms with Crippen LogP contribution in [0.25, 0.3) is 0 Å². The topological polar surface area (TPSA) is 58.4 Å². The summed E-state index contributed by atoms with van der Waals surface area (Å²) >= 11 is 6.04. The molecule has 1 amide bonds. The highest BCUT2D eigenvalue weighted by molar-refractivity contribution is 6.34. The molecule has 1 aromatic rings. The van der Waals surface area contributed by atoms with E-state index in [0.29, 0.717) is 22.8 Å². The lowest BCUT2D eigenvalue weighted by molar-refractivity contribution is -0.116.